The van der Waals surface area contributed by atoms with Crippen LogP contribution in [0.1, 0.15) is 110 Å². The Balaban J connectivity index is 0.924. The minimum atomic E-state index is -0.0236. The number of piperidine rings is 1. The van der Waals surface area contributed by atoms with Crippen LogP contribution in [0.5, 0.6) is 11.6 Å². The maximum absolute atomic E-state index is 12.5. The van der Waals surface area contributed by atoms with E-state index in [1.54, 1.807) is 18.3 Å². The quantitative estimate of drug-likeness (QED) is 0.0400. The van der Waals surface area contributed by atoms with Crippen molar-refractivity contribution < 1.29 is 23.9 Å². The van der Waals surface area contributed by atoms with Crippen LogP contribution in [0.4, 0.5) is 11.5 Å². The number of anilines is 2. The molecule has 14 heteroatoms. The number of hydrogen-bond acceptors (Lipinski definition) is 13. The van der Waals surface area contributed by atoms with Crippen molar-refractivity contribution in [3.8, 4) is 11.6 Å². The molecule has 2 aromatic heterocycles. The Bertz CT molecular complexity index is 1860. The molecule has 60 heavy (non-hydrogen) atoms. The number of nitrogens with one attached hydrogen (secondary N) is 2. The van der Waals surface area contributed by atoms with E-state index in [2.05, 4.69) is 75.4 Å². The molecular formula is C46H69N9O5. The lowest BCUT2D eigenvalue weighted by Crippen LogP contribution is -2.52. The third kappa shape index (κ3) is 12.8. The van der Waals surface area contributed by atoms with Crippen LogP contribution in [-0.4, -0.2) is 89.7 Å². The molecule has 2 saturated heterocycles. The summed E-state index contributed by atoms with van der Waals surface area (Å²) in [7, 11) is 0. The minimum Gasteiger partial charge on any atom is -0.507 e. The van der Waals surface area contributed by atoms with Gasteiger partial charge in [0.25, 0.3) is 0 Å². The van der Waals surface area contributed by atoms with Gasteiger partial charge in [-0.05, 0) is 87.5 Å². The highest BCUT2D eigenvalue weighted by molar-refractivity contribution is 5.78. The van der Waals surface area contributed by atoms with Gasteiger partial charge < -0.3 is 50.3 Å². The summed E-state index contributed by atoms with van der Waals surface area (Å²) >= 11 is 0. The van der Waals surface area contributed by atoms with Gasteiger partial charge in [0, 0.05) is 81.1 Å². The molecule has 6 rings (SSSR count). The second-order valence-electron chi connectivity index (χ2n) is 17.8. The number of carbonyl (C=O) groups is 1. The largest absolute Gasteiger partial charge is 0.507 e. The van der Waals surface area contributed by atoms with Crippen molar-refractivity contribution in [2.75, 3.05) is 49.1 Å². The molecule has 1 atom stereocenters. The molecule has 0 radical (unpaired) electrons. The van der Waals surface area contributed by atoms with Gasteiger partial charge in [0.2, 0.25) is 11.8 Å². The number of rotatable bonds is 18. The number of nitrogens with zero attached hydrogens (tertiary/aromatic N) is 5. The average molecular weight is 828 g/mol. The van der Waals surface area contributed by atoms with Crippen LogP contribution in [0.25, 0.3) is 5.70 Å². The van der Waals surface area contributed by atoms with Crippen molar-refractivity contribution in [3.63, 3.8) is 0 Å². The van der Waals surface area contributed by atoms with Crippen molar-refractivity contribution in [2.45, 2.75) is 129 Å². The third-order valence-corrected chi connectivity index (χ3v) is 11.9. The molecule has 3 aromatic rings. The number of aromatic nitrogens is 2. The van der Waals surface area contributed by atoms with Crippen LogP contribution in [0.15, 0.2) is 71.2 Å². The fourth-order valence-corrected chi connectivity index (χ4v) is 8.66. The molecule has 3 fully saturated rings. The zero-order valence-corrected chi connectivity index (χ0v) is 36.3. The number of piperazine rings is 1. The molecule has 4 heterocycles. The lowest BCUT2D eigenvalue weighted by molar-refractivity contribution is -0.120. The predicted molar refractivity (Wildman–Crippen MR) is 237 cm³/mol. The van der Waals surface area contributed by atoms with E-state index in [0.29, 0.717) is 34.9 Å². The molecule has 2 aliphatic heterocycles. The van der Waals surface area contributed by atoms with Gasteiger partial charge in [0.05, 0.1) is 30.0 Å². The summed E-state index contributed by atoms with van der Waals surface area (Å²) in [5.41, 5.74) is 12.4. The molecule has 1 aromatic carbocycles. The van der Waals surface area contributed by atoms with Crippen molar-refractivity contribution in [1.82, 2.24) is 25.8 Å². The van der Waals surface area contributed by atoms with E-state index in [0.717, 1.165) is 121 Å². The number of hydrazine groups is 1. The smallest absolute Gasteiger partial charge is 0.227 e. The maximum atomic E-state index is 12.5. The number of unbranched alkanes of at least 4 members (excludes halogenated alkanes) is 1. The van der Waals surface area contributed by atoms with Crippen molar-refractivity contribution in [2.24, 2.45) is 17.0 Å². The zero-order valence-electron chi connectivity index (χ0n) is 36.3. The lowest BCUT2D eigenvalue weighted by atomic mass is 9.90. The Morgan fingerprint density at radius 3 is 2.47 bits per heavy atom. The van der Waals surface area contributed by atoms with Gasteiger partial charge in [-0.15, -0.1) is 0 Å². The number of aromatic hydroxyl groups is 1. The Morgan fingerprint density at radius 1 is 1.00 bits per heavy atom. The molecule has 1 saturated carbocycles. The second kappa shape index (κ2) is 21.5. The number of nitrogens with two attached hydrogens (primary N) is 2. The third-order valence-electron chi connectivity index (χ3n) is 11.9. The van der Waals surface area contributed by atoms with Gasteiger partial charge in [-0.25, -0.2) is 4.98 Å². The molecule has 0 bridgehead atoms. The summed E-state index contributed by atoms with van der Waals surface area (Å²) < 4.78 is 18.7. The number of amides is 1. The first-order chi connectivity index (χ1) is 29.0. The first kappa shape index (κ1) is 44.6. The van der Waals surface area contributed by atoms with E-state index in [1.165, 1.54) is 0 Å². The summed E-state index contributed by atoms with van der Waals surface area (Å²) in [5, 5.41) is 17.7. The molecule has 328 valence electrons. The normalized spacial score (nSPS) is 20.9. The van der Waals surface area contributed by atoms with Crippen LogP contribution < -0.4 is 36.9 Å². The molecule has 1 aliphatic carbocycles. The van der Waals surface area contributed by atoms with Gasteiger partial charge >= 0.3 is 0 Å². The van der Waals surface area contributed by atoms with Gasteiger partial charge in [0.15, 0.2) is 5.82 Å². The highest BCUT2D eigenvalue weighted by atomic mass is 16.5. The maximum Gasteiger partial charge on any atom is 0.227 e. The number of ether oxygens (including phenoxy) is 2. The van der Waals surface area contributed by atoms with Gasteiger partial charge in [-0.2, -0.15) is 0 Å². The number of phenolic OH excluding ortho intramolecular Hbond substituents is 1. The lowest BCUT2D eigenvalue weighted by Gasteiger charge is -2.44. The van der Waals surface area contributed by atoms with Crippen LogP contribution in [0.2, 0.25) is 0 Å². The number of para-hydroxylation sites is 1. The zero-order chi connectivity index (χ0) is 42.5. The standard InChI is InChI=1S/C46H69N9O5/c1-5-10-34-32-54(35(31-47)27-41(51-48)40-11-6-7-12-42(40)56)25-26-55(34)33-17-22-50-45(28-33)59-37-15-13-36(14-16-37)58-38-18-23-53(24-19-38)43-29-39(60-52-43)30-44(57)49-21-9-8-20-46(2,3)4/h6-7,11-12,17,22,27-29,31,34,36-38,51,56H,5,8-10,13-16,18-21,23-26,30,32,47-48H2,1-4H3,(H,49,57)/b35-31+,41-27-. The second-order valence-corrected chi connectivity index (χ2v) is 17.8. The van der Waals surface area contributed by atoms with Crippen molar-refractivity contribution >= 4 is 23.1 Å². The molecule has 0 spiro atoms. The first-order valence-electron chi connectivity index (χ1n) is 22.2. The summed E-state index contributed by atoms with van der Waals surface area (Å²) in [6.45, 7) is 13.7. The summed E-state index contributed by atoms with van der Waals surface area (Å²) in [6, 6.07) is 13.4. The summed E-state index contributed by atoms with van der Waals surface area (Å²) in [5.74, 6) is 8.08. The Morgan fingerprint density at radius 2 is 1.75 bits per heavy atom. The average Bonchev–Trinajstić information content (AvgIpc) is 3.70. The van der Waals surface area contributed by atoms with Crippen LogP contribution >= 0.6 is 0 Å². The van der Waals surface area contributed by atoms with Crippen LogP contribution in [-0.2, 0) is 16.0 Å². The molecule has 3 aliphatic rings. The number of benzene rings is 1. The van der Waals surface area contributed by atoms with Gasteiger partial charge in [-0.1, -0.05) is 57.8 Å². The summed E-state index contributed by atoms with van der Waals surface area (Å²) in [6.07, 6.45) is 17.1. The highest BCUT2D eigenvalue weighted by Gasteiger charge is 2.31. The number of hydrogen-bond donors (Lipinski definition) is 5. The Hall–Kier alpha value is -4.95. The first-order valence-corrected chi connectivity index (χ1v) is 22.2. The van der Waals surface area contributed by atoms with E-state index in [1.807, 2.05) is 30.5 Å². The number of carbonyl (C=O) groups excluding carboxylic acids is 1. The van der Waals surface area contributed by atoms with E-state index in [9.17, 15) is 9.90 Å². The molecule has 1 amide bonds. The number of phenols is 1. The molecule has 14 nitrogen and oxygen atoms in total. The van der Waals surface area contributed by atoms with Gasteiger partial charge in [-0.3, -0.25) is 10.6 Å². The van der Waals surface area contributed by atoms with E-state index in [4.69, 9.17) is 25.6 Å². The predicted octanol–water partition coefficient (Wildman–Crippen LogP) is 6.62. The van der Waals surface area contributed by atoms with Crippen molar-refractivity contribution in [1.29, 1.82) is 0 Å². The number of allylic oxidation sites excluding steroid dienone is 1. The van der Waals surface area contributed by atoms with Crippen molar-refractivity contribution in [3.05, 3.63) is 78.0 Å². The Labute approximate surface area is 356 Å². The van der Waals surface area contributed by atoms with Crippen LogP contribution in [0.3, 0.4) is 0 Å². The molecule has 7 N–H and O–H groups in total. The number of pyridine rings is 1. The Kier molecular flexibility index (Phi) is 16.0. The SMILES string of the molecule is CCCC1CN(C(/C=C(\NN)c2ccccc2O)=C/N)CCN1c1ccnc(OC2CCC(OC3CCN(c4cc(CC(=O)NCCCCC(C)(C)C)on4)CC3)CC2)c1. The van der Waals surface area contributed by atoms with Gasteiger partial charge in [0.1, 0.15) is 17.6 Å². The fraction of sp³-hybridized carbons (Fsp3) is 0.587. The topological polar surface area (TPSA) is 180 Å². The summed E-state index contributed by atoms with van der Waals surface area (Å²) in [4.78, 5) is 24.0. The van der Waals surface area contributed by atoms with E-state index >= 15 is 0 Å². The minimum absolute atomic E-state index is 0.0236. The monoisotopic (exact) mass is 828 g/mol. The molecule has 1 unspecified atom stereocenters. The van der Waals surface area contributed by atoms with Crippen LogP contribution in [0, 0.1) is 5.41 Å². The fourth-order valence-electron chi connectivity index (χ4n) is 8.66. The van der Waals surface area contributed by atoms with E-state index in [-0.39, 0.29) is 42.4 Å². The molecular weight excluding hydrogens is 759 g/mol. The highest BCUT2D eigenvalue weighted by Crippen LogP contribution is 2.32. The van der Waals surface area contributed by atoms with E-state index < -0.39 is 0 Å².